The summed E-state index contributed by atoms with van der Waals surface area (Å²) in [5.74, 6) is -0.829. The van der Waals surface area contributed by atoms with Crippen LogP contribution >= 0.6 is 0 Å². The van der Waals surface area contributed by atoms with Gasteiger partial charge in [0.1, 0.15) is 18.3 Å². The minimum atomic E-state index is -1.76. The lowest BCUT2D eigenvalue weighted by atomic mass is 10.0. The van der Waals surface area contributed by atoms with Crippen LogP contribution in [0.15, 0.2) is 0 Å². The number of rotatable bonds is 6. The highest BCUT2D eigenvalue weighted by Crippen LogP contribution is 2.08. The SMILES string of the molecule is CC(=O)OC(C(O)C=O)C(O)C(O)CO. The van der Waals surface area contributed by atoms with Crippen LogP contribution in [0.1, 0.15) is 6.92 Å². The molecule has 0 aromatic carbocycles. The van der Waals surface area contributed by atoms with E-state index in [0.29, 0.717) is 0 Å². The number of carbonyl (C=O) groups excluding carboxylic acids is 2. The average Bonchev–Trinajstić information content (AvgIpc) is 2.22. The lowest BCUT2D eigenvalue weighted by molar-refractivity contribution is -0.171. The van der Waals surface area contributed by atoms with Crippen LogP contribution in [0.4, 0.5) is 0 Å². The predicted molar refractivity (Wildman–Crippen MR) is 46.7 cm³/mol. The molecule has 4 atom stereocenters. The summed E-state index contributed by atoms with van der Waals surface area (Å²) >= 11 is 0. The van der Waals surface area contributed by atoms with Crippen molar-refractivity contribution < 1.29 is 34.8 Å². The van der Waals surface area contributed by atoms with Crippen molar-refractivity contribution in [2.45, 2.75) is 31.3 Å². The molecule has 0 spiro atoms. The van der Waals surface area contributed by atoms with Crippen molar-refractivity contribution >= 4 is 12.3 Å². The first-order valence-electron chi connectivity index (χ1n) is 4.21. The number of hydrogen-bond donors (Lipinski definition) is 4. The number of carbonyl (C=O) groups is 2. The molecule has 88 valence electrons. The lowest BCUT2D eigenvalue weighted by Gasteiger charge is -2.26. The van der Waals surface area contributed by atoms with E-state index in [1.807, 2.05) is 0 Å². The van der Waals surface area contributed by atoms with E-state index < -0.39 is 37.0 Å². The zero-order chi connectivity index (χ0) is 12.0. The number of aldehydes is 1. The zero-order valence-electron chi connectivity index (χ0n) is 8.11. The molecule has 0 aliphatic carbocycles. The Labute approximate surface area is 85.9 Å². The maximum atomic E-state index is 10.6. The average molecular weight is 222 g/mol. The summed E-state index contributed by atoms with van der Waals surface area (Å²) in [6, 6.07) is 0. The Hall–Kier alpha value is -1.02. The molecule has 0 saturated heterocycles. The molecule has 0 radical (unpaired) electrons. The molecule has 7 heteroatoms. The number of hydrogen-bond acceptors (Lipinski definition) is 7. The van der Waals surface area contributed by atoms with Gasteiger partial charge < -0.3 is 30.0 Å². The van der Waals surface area contributed by atoms with Crippen molar-refractivity contribution in [3.05, 3.63) is 0 Å². The molecule has 0 amide bonds. The maximum Gasteiger partial charge on any atom is 0.303 e. The first kappa shape index (κ1) is 14.0. The van der Waals surface area contributed by atoms with Crippen LogP contribution in [0, 0.1) is 0 Å². The molecule has 0 rings (SSSR count). The molecule has 0 aromatic heterocycles. The van der Waals surface area contributed by atoms with Gasteiger partial charge in [-0.25, -0.2) is 0 Å². The molecular weight excluding hydrogens is 208 g/mol. The zero-order valence-corrected chi connectivity index (χ0v) is 8.11. The first-order chi connectivity index (χ1) is 6.93. The normalized spacial score (nSPS) is 18.7. The second-order valence-corrected chi connectivity index (χ2v) is 2.94. The first-order valence-corrected chi connectivity index (χ1v) is 4.21. The third-order valence-corrected chi connectivity index (χ3v) is 1.70. The summed E-state index contributed by atoms with van der Waals surface area (Å²) in [4.78, 5) is 20.8. The standard InChI is InChI=1S/C8H14O7/c1-4(11)15-8(6(13)3-10)7(14)5(12)2-9/h3,5-9,12-14H,2H2,1H3. The molecule has 0 heterocycles. The van der Waals surface area contributed by atoms with Gasteiger partial charge in [0.2, 0.25) is 0 Å². The van der Waals surface area contributed by atoms with Crippen LogP contribution < -0.4 is 0 Å². The highest BCUT2D eigenvalue weighted by molar-refractivity contribution is 5.67. The summed E-state index contributed by atoms with van der Waals surface area (Å²) in [6.07, 6.45) is -6.64. The number of ether oxygens (including phenoxy) is 1. The summed E-state index contributed by atoms with van der Waals surface area (Å²) in [5, 5.41) is 36.0. The fourth-order valence-corrected chi connectivity index (χ4v) is 0.937. The Balaban J connectivity index is 4.60. The van der Waals surface area contributed by atoms with Crippen LogP contribution in [0.2, 0.25) is 0 Å². The van der Waals surface area contributed by atoms with E-state index >= 15 is 0 Å². The number of esters is 1. The van der Waals surface area contributed by atoms with Gasteiger partial charge in [0.15, 0.2) is 12.4 Å². The Morgan fingerprint density at radius 3 is 2.27 bits per heavy atom. The van der Waals surface area contributed by atoms with Crippen molar-refractivity contribution in [1.29, 1.82) is 0 Å². The molecule has 0 aromatic rings. The molecule has 7 nitrogen and oxygen atoms in total. The highest BCUT2D eigenvalue weighted by atomic mass is 16.6. The van der Waals surface area contributed by atoms with E-state index in [9.17, 15) is 14.7 Å². The van der Waals surface area contributed by atoms with Crippen LogP contribution in [-0.4, -0.2) is 63.7 Å². The molecule has 0 fully saturated rings. The lowest BCUT2D eigenvalue weighted by Crippen LogP contribution is -2.48. The summed E-state index contributed by atoms with van der Waals surface area (Å²) < 4.78 is 4.45. The van der Waals surface area contributed by atoms with Crippen LogP contribution in [0.5, 0.6) is 0 Å². The van der Waals surface area contributed by atoms with Gasteiger partial charge in [0, 0.05) is 6.92 Å². The number of aliphatic hydroxyl groups is 4. The summed E-state index contributed by atoms with van der Waals surface area (Å²) in [5.41, 5.74) is 0. The Morgan fingerprint density at radius 1 is 1.40 bits per heavy atom. The second-order valence-electron chi connectivity index (χ2n) is 2.94. The van der Waals surface area contributed by atoms with Crippen molar-refractivity contribution in [2.24, 2.45) is 0 Å². The Bertz CT molecular complexity index is 217. The smallest absolute Gasteiger partial charge is 0.303 e. The molecule has 0 bridgehead atoms. The summed E-state index contributed by atoms with van der Waals surface area (Å²) in [7, 11) is 0. The van der Waals surface area contributed by atoms with Gasteiger partial charge in [-0.3, -0.25) is 4.79 Å². The molecule has 4 unspecified atom stereocenters. The van der Waals surface area contributed by atoms with E-state index in [-0.39, 0.29) is 6.29 Å². The second kappa shape index (κ2) is 6.46. The fraction of sp³-hybridized carbons (Fsp3) is 0.750. The monoisotopic (exact) mass is 222 g/mol. The predicted octanol–water partition coefficient (Wildman–Crippen LogP) is -2.81. The van der Waals surface area contributed by atoms with Crippen LogP contribution in [-0.2, 0) is 14.3 Å². The maximum absolute atomic E-state index is 10.6. The van der Waals surface area contributed by atoms with E-state index in [4.69, 9.17) is 15.3 Å². The molecule has 0 saturated carbocycles. The largest absolute Gasteiger partial charge is 0.456 e. The van der Waals surface area contributed by atoms with Gasteiger partial charge in [-0.15, -0.1) is 0 Å². The molecule has 0 aliphatic rings. The Kier molecular flexibility index (Phi) is 6.02. The van der Waals surface area contributed by atoms with Crippen molar-refractivity contribution in [1.82, 2.24) is 0 Å². The van der Waals surface area contributed by atoms with Gasteiger partial charge in [0.05, 0.1) is 6.61 Å². The van der Waals surface area contributed by atoms with Gasteiger partial charge in [0.25, 0.3) is 0 Å². The highest BCUT2D eigenvalue weighted by Gasteiger charge is 2.34. The van der Waals surface area contributed by atoms with E-state index in [1.165, 1.54) is 0 Å². The quantitative estimate of drug-likeness (QED) is 0.282. The van der Waals surface area contributed by atoms with E-state index in [0.717, 1.165) is 6.92 Å². The van der Waals surface area contributed by atoms with Crippen LogP contribution in [0.25, 0.3) is 0 Å². The van der Waals surface area contributed by atoms with Gasteiger partial charge in [-0.2, -0.15) is 0 Å². The van der Waals surface area contributed by atoms with E-state index in [2.05, 4.69) is 4.74 Å². The Morgan fingerprint density at radius 2 is 1.93 bits per heavy atom. The number of aliphatic hydroxyl groups excluding tert-OH is 4. The fourth-order valence-electron chi connectivity index (χ4n) is 0.937. The van der Waals surface area contributed by atoms with Crippen molar-refractivity contribution in [3.8, 4) is 0 Å². The van der Waals surface area contributed by atoms with Gasteiger partial charge in [-0.05, 0) is 0 Å². The third kappa shape index (κ3) is 4.34. The van der Waals surface area contributed by atoms with Gasteiger partial charge in [-0.1, -0.05) is 0 Å². The third-order valence-electron chi connectivity index (χ3n) is 1.70. The molecular formula is C8H14O7. The minimum absolute atomic E-state index is 0.0565. The van der Waals surface area contributed by atoms with Gasteiger partial charge >= 0.3 is 5.97 Å². The minimum Gasteiger partial charge on any atom is -0.456 e. The van der Waals surface area contributed by atoms with E-state index in [1.54, 1.807) is 0 Å². The van der Waals surface area contributed by atoms with Crippen LogP contribution in [0.3, 0.4) is 0 Å². The summed E-state index contributed by atoms with van der Waals surface area (Å²) in [6.45, 7) is 0.229. The topological polar surface area (TPSA) is 124 Å². The van der Waals surface area contributed by atoms with Crippen molar-refractivity contribution in [2.75, 3.05) is 6.61 Å². The molecule has 4 N–H and O–H groups in total. The van der Waals surface area contributed by atoms with Crippen molar-refractivity contribution in [3.63, 3.8) is 0 Å². The molecule has 15 heavy (non-hydrogen) atoms. The molecule has 0 aliphatic heterocycles.